The van der Waals surface area contributed by atoms with E-state index in [1.807, 2.05) is 36.4 Å². The van der Waals surface area contributed by atoms with Gasteiger partial charge in [-0.15, -0.1) is 11.6 Å². The molecule has 0 saturated carbocycles. The van der Waals surface area contributed by atoms with E-state index in [4.69, 9.17) is 23.2 Å². The Hall–Kier alpha value is 0.710. The van der Waals surface area contributed by atoms with Crippen molar-refractivity contribution in [2.45, 2.75) is 5.38 Å². The summed E-state index contributed by atoms with van der Waals surface area (Å²) in [6.07, 6.45) is 0. The Balaban J connectivity index is 2.44. The van der Waals surface area contributed by atoms with Gasteiger partial charge in [0.05, 0.1) is 10.4 Å². The minimum absolute atomic E-state index is 0.230. The van der Waals surface area contributed by atoms with Crippen molar-refractivity contribution >= 4 is 77.7 Å². The van der Waals surface area contributed by atoms with Crippen molar-refractivity contribution in [2.75, 3.05) is 0 Å². The molecule has 0 bridgehead atoms. The summed E-state index contributed by atoms with van der Waals surface area (Å²) in [4.78, 5) is 0. The van der Waals surface area contributed by atoms with Gasteiger partial charge in [0.25, 0.3) is 0 Å². The lowest BCUT2D eigenvalue weighted by Gasteiger charge is -2.13. The molecule has 2 rings (SSSR count). The molecule has 0 spiro atoms. The topological polar surface area (TPSA) is 0 Å². The van der Waals surface area contributed by atoms with Crippen LogP contribution in [0.15, 0.2) is 45.3 Å². The molecule has 0 fully saturated rings. The van der Waals surface area contributed by atoms with E-state index in [0.29, 0.717) is 0 Å². The molecule has 2 aromatic rings. The van der Waals surface area contributed by atoms with E-state index in [2.05, 4.69) is 54.5 Å². The van der Waals surface area contributed by atoms with Gasteiger partial charge < -0.3 is 0 Å². The third-order valence-corrected chi connectivity index (χ3v) is 5.74. The summed E-state index contributed by atoms with van der Waals surface area (Å²) in [5.74, 6) is 0. The highest BCUT2D eigenvalue weighted by Crippen LogP contribution is 2.36. The first-order valence-corrected chi connectivity index (χ1v) is 8.51. The highest BCUT2D eigenvalue weighted by molar-refractivity contribution is 14.1. The SMILES string of the molecule is Clc1cc(C(Cl)c2cc(Br)ccc2Br)ccc1I. The van der Waals surface area contributed by atoms with E-state index in [9.17, 15) is 0 Å². The number of hydrogen-bond acceptors (Lipinski definition) is 0. The summed E-state index contributed by atoms with van der Waals surface area (Å²) in [5.41, 5.74) is 2.00. The highest BCUT2D eigenvalue weighted by Gasteiger charge is 2.15. The van der Waals surface area contributed by atoms with Crippen LogP contribution in [0.1, 0.15) is 16.5 Å². The van der Waals surface area contributed by atoms with Gasteiger partial charge in [-0.1, -0.05) is 49.5 Å². The van der Waals surface area contributed by atoms with E-state index in [1.165, 1.54) is 0 Å². The normalized spacial score (nSPS) is 12.5. The summed E-state index contributed by atoms with van der Waals surface area (Å²) in [7, 11) is 0. The second-order valence-corrected chi connectivity index (χ2v) is 7.48. The molecule has 5 heteroatoms. The van der Waals surface area contributed by atoms with Gasteiger partial charge in [-0.2, -0.15) is 0 Å². The van der Waals surface area contributed by atoms with Crippen molar-refractivity contribution in [3.05, 3.63) is 65.1 Å². The fourth-order valence-corrected chi connectivity index (χ4v) is 3.39. The molecule has 94 valence electrons. The fraction of sp³-hybridized carbons (Fsp3) is 0.0769. The fourth-order valence-electron chi connectivity index (χ4n) is 1.56. The van der Waals surface area contributed by atoms with E-state index in [-0.39, 0.29) is 5.38 Å². The number of halogens is 5. The molecule has 0 saturated heterocycles. The van der Waals surface area contributed by atoms with Crippen LogP contribution in [0.4, 0.5) is 0 Å². The number of rotatable bonds is 2. The van der Waals surface area contributed by atoms with E-state index < -0.39 is 0 Å². The molecule has 2 aromatic carbocycles. The summed E-state index contributed by atoms with van der Waals surface area (Å²) in [5, 5.41) is 0.497. The van der Waals surface area contributed by atoms with Crippen molar-refractivity contribution in [1.82, 2.24) is 0 Å². The van der Waals surface area contributed by atoms with Crippen molar-refractivity contribution in [3.63, 3.8) is 0 Å². The monoisotopic (exact) mass is 518 g/mol. The number of alkyl halides is 1. The van der Waals surface area contributed by atoms with Gasteiger partial charge in [0.15, 0.2) is 0 Å². The Morgan fingerprint density at radius 3 is 2.44 bits per heavy atom. The summed E-state index contributed by atoms with van der Waals surface area (Å²) in [6, 6.07) is 11.8. The molecule has 0 N–H and O–H groups in total. The molecule has 0 radical (unpaired) electrons. The molecule has 0 heterocycles. The molecule has 18 heavy (non-hydrogen) atoms. The molecule has 0 aliphatic carbocycles. The summed E-state index contributed by atoms with van der Waals surface area (Å²) in [6.45, 7) is 0. The van der Waals surface area contributed by atoms with Gasteiger partial charge in [0.1, 0.15) is 0 Å². The Labute approximate surface area is 146 Å². The van der Waals surface area contributed by atoms with Crippen LogP contribution >= 0.6 is 77.7 Å². The maximum Gasteiger partial charge on any atom is 0.0847 e. The van der Waals surface area contributed by atoms with Gasteiger partial charge in [-0.3, -0.25) is 0 Å². The Kier molecular flexibility index (Phi) is 5.40. The van der Waals surface area contributed by atoms with Gasteiger partial charge in [-0.25, -0.2) is 0 Å². The van der Waals surface area contributed by atoms with Crippen LogP contribution in [-0.4, -0.2) is 0 Å². The van der Waals surface area contributed by atoms with Crippen LogP contribution in [0.5, 0.6) is 0 Å². The Morgan fingerprint density at radius 1 is 1.06 bits per heavy atom. The predicted molar refractivity (Wildman–Crippen MR) is 93.7 cm³/mol. The van der Waals surface area contributed by atoms with Gasteiger partial charge >= 0.3 is 0 Å². The molecule has 1 unspecified atom stereocenters. The minimum Gasteiger partial charge on any atom is -0.113 e. The molecule has 0 nitrogen and oxygen atoms in total. The first-order chi connectivity index (χ1) is 8.49. The van der Waals surface area contributed by atoms with Crippen molar-refractivity contribution in [1.29, 1.82) is 0 Å². The zero-order valence-corrected chi connectivity index (χ0v) is 15.8. The van der Waals surface area contributed by atoms with Gasteiger partial charge in [0.2, 0.25) is 0 Å². The van der Waals surface area contributed by atoms with Crippen LogP contribution in [0.25, 0.3) is 0 Å². The van der Waals surface area contributed by atoms with Crippen LogP contribution in [0.2, 0.25) is 5.02 Å². The number of benzene rings is 2. The minimum atomic E-state index is -0.230. The van der Waals surface area contributed by atoms with Crippen molar-refractivity contribution in [2.24, 2.45) is 0 Å². The van der Waals surface area contributed by atoms with E-state index in [1.54, 1.807) is 0 Å². The number of hydrogen-bond donors (Lipinski definition) is 0. The molecule has 1 atom stereocenters. The van der Waals surface area contributed by atoms with Crippen LogP contribution in [0.3, 0.4) is 0 Å². The molecular weight excluding hydrogens is 514 g/mol. The zero-order chi connectivity index (χ0) is 13.3. The largest absolute Gasteiger partial charge is 0.113 e. The van der Waals surface area contributed by atoms with E-state index in [0.717, 1.165) is 28.7 Å². The lowest BCUT2D eigenvalue weighted by atomic mass is 10.0. The Morgan fingerprint density at radius 2 is 1.78 bits per heavy atom. The van der Waals surface area contributed by atoms with Gasteiger partial charge in [0, 0.05) is 12.5 Å². The van der Waals surface area contributed by atoms with Crippen LogP contribution < -0.4 is 0 Å². The van der Waals surface area contributed by atoms with Gasteiger partial charge in [-0.05, 0) is 64.0 Å². The summed E-state index contributed by atoms with van der Waals surface area (Å²) >= 11 is 21.8. The molecule has 0 aliphatic rings. The average Bonchev–Trinajstić information content (AvgIpc) is 2.35. The standard InChI is InChI=1S/C13H7Br2Cl2I/c14-8-2-3-10(15)9(6-8)13(17)7-1-4-12(18)11(16)5-7/h1-6,13H. The third-order valence-electron chi connectivity index (χ3n) is 2.47. The maximum absolute atomic E-state index is 6.52. The second-order valence-electron chi connectivity index (χ2n) is 3.70. The van der Waals surface area contributed by atoms with Crippen molar-refractivity contribution < 1.29 is 0 Å². The molecule has 0 aromatic heterocycles. The molecular formula is C13H7Br2Cl2I. The first kappa shape index (κ1) is 15.1. The average molecular weight is 521 g/mol. The van der Waals surface area contributed by atoms with Crippen LogP contribution in [-0.2, 0) is 0 Å². The highest BCUT2D eigenvalue weighted by atomic mass is 127. The lowest BCUT2D eigenvalue weighted by Crippen LogP contribution is -1.95. The smallest absolute Gasteiger partial charge is 0.0847 e. The zero-order valence-electron chi connectivity index (χ0n) is 8.93. The molecule has 0 amide bonds. The lowest BCUT2D eigenvalue weighted by molar-refractivity contribution is 1.12. The maximum atomic E-state index is 6.52. The van der Waals surface area contributed by atoms with E-state index >= 15 is 0 Å². The Bertz CT molecular complexity index is 587. The first-order valence-electron chi connectivity index (χ1n) is 5.03. The van der Waals surface area contributed by atoms with Crippen molar-refractivity contribution in [3.8, 4) is 0 Å². The molecule has 0 aliphatic heterocycles. The second kappa shape index (κ2) is 6.44. The quantitative estimate of drug-likeness (QED) is 0.302. The van der Waals surface area contributed by atoms with Crippen LogP contribution in [0, 0.1) is 3.57 Å². The summed E-state index contributed by atoms with van der Waals surface area (Å²) < 4.78 is 3.01. The predicted octanol–water partition coefficient (Wildman–Crippen LogP) is 6.80. The third kappa shape index (κ3) is 3.42.